The minimum absolute atomic E-state index is 0.0528. The number of carbonyl (C=O) groups is 2. The smallest absolute Gasteiger partial charge is 0.243 e. The Labute approximate surface area is 146 Å². The van der Waals surface area contributed by atoms with Gasteiger partial charge in [0.05, 0.1) is 0 Å². The number of hydrogen-bond acceptors (Lipinski definition) is 4. The van der Waals surface area contributed by atoms with Crippen molar-refractivity contribution in [2.45, 2.75) is 66.5 Å². The average Bonchev–Trinajstić information content (AvgIpc) is 2.47. The van der Waals surface area contributed by atoms with Crippen LogP contribution in [0.1, 0.15) is 54.4 Å². The van der Waals surface area contributed by atoms with Crippen LogP contribution in [0.4, 0.5) is 0 Å². The van der Waals surface area contributed by atoms with Crippen LogP contribution in [-0.2, 0) is 9.59 Å². The van der Waals surface area contributed by atoms with E-state index in [1.54, 1.807) is 0 Å². The van der Waals surface area contributed by atoms with E-state index in [0.717, 1.165) is 12.8 Å². The summed E-state index contributed by atoms with van der Waals surface area (Å²) in [5.74, 6) is 0.167. The number of carbonyl (C=O) groups excluding carboxylic acids is 2. The highest BCUT2D eigenvalue weighted by Gasteiger charge is 2.45. The third kappa shape index (κ3) is 5.18. The monoisotopic (exact) mass is 340 g/mol. The maximum absolute atomic E-state index is 12.6. The molecule has 1 saturated heterocycles. The molecule has 0 aromatic heterocycles. The second kappa shape index (κ2) is 7.83. The van der Waals surface area contributed by atoms with Crippen LogP contribution < -0.4 is 22.1 Å². The largest absolute Gasteiger partial charge is 0.342 e. The highest BCUT2D eigenvalue weighted by Crippen LogP contribution is 2.36. The van der Waals surface area contributed by atoms with Crippen molar-refractivity contribution in [2.24, 2.45) is 34.1 Å². The highest BCUT2D eigenvalue weighted by molar-refractivity contribution is 5.97. The topological polar surface area (TPSA) is 110 Å². The third-order valence-electron chi connectivity index (χ3n) is 5.14. The molecule has 0 spiro atoms. The number of nitrogens with one attached hydrogen (secondary N) is 2. The Balaban J connectivity index is 2.82. The van der Waals surface area contributed by atoms with Crippen molar-refractivity contribution in [3.8, 4) is 0 Å². The predicted octanol–water partition coefficient (Wildman–Crippen LogP) is 0.992. The number of piperazine rings is 1. The molecule has 4 atom stereocenters. The van der Waals surface area contributed by atoms with E-state index in [1.807, 2.05) is 20.8 Å². The molecule has 140 valence electrons. The molecule has 1 aliphatic rings. The second-order valence-electron chi connectivity index (χ2n) is 9.02. The molecule has 24 heavy (non-hydrogen) atoms. The van der Waals surface area contributed by atoms with Crippen LogP contribution in [0.15, 0.2) is 0 Å². The first-order valence-corrected chi connectivity index (χ1v) is 8.94. The summed E-state index contributed by atoms with van der Waals surface area (Å²) in [5.41, 5.74) is 11.0. The minimum Gasteiger partial charge on any atom is -0.342 e. The van der Waals surface area contributed by atoms with E-state index in [0.29, 0.717) is 19.0 Å². The van der Waals surface area contributed by atoms with Gasteiger partial charge in [-0.15, -0.1) is 0 Å². The van der Waals surface area contributed by atoms with Gasteiger partial charge in [0, 0.05) is 0 Å². The zero-order valence-corrected chi connectivity index (χ0v) is 16.1. The number of rotatable bonds is 8. The molecule has 0 radical (unpaired) electrons. The molecule has 1 fully saturated rings. The summed E-state index contributed by atoms with van der Waals surface area (Å²) >= 11 is 0. The van der Waals surface area contributed by atoms with Crippen LogP contribution in [0.25, 0.3) is 0 Å². The van der Waals surface area contributed by atoms with Crippen molar-refractivity contribution < 1.29 is 9.59 Å². The third-order valence-corrected chi connectivity index (χ3v) is 5.14. The molecule has 1 rings (SSSR count). The molecule has 2 amide bonds. The van der Waals surface area contributed by atoms with Gasteiger partial charge in [-0.1, -0.05) is 41.5 Å². The SMILES string of the molecule is CC(CN)CC(C)C1NC(=O)C(C(C)(C)CC(C)(C)CN)NC1=O. The van der Waals surface area contributed by atoms with Crippen LogP contribution in [-0.4, -0.2) is 37.0 Å². The molecule has 0 aromatic carbocycles. The van der Waals surface area contributed by atoms with Gasteiger partial charge in [0.2, 0.25) is 11.8 Å². The van der Waals surface area contributed by atoms with Crippen LogP contribution in [0.3, 0.4) is 0 Å². The van der Waals surface area contributed by atoms with E-state index >= 15 is 0 Å². The summed E-state index contributed by atoms with van der Waals surface area (Å²) in [5, 5.41) is 5.88. The first-order chi connectivity index (χ1) is 10.9. The summed E-state index contributed by atoms with van der Waals surface area (Å²) in [6, 6.07) is -1.02. The molecular formula is C18H36N4O2. The molecule has 1 heterocycles. The van der Waals surface area contributed by atoms with Gasteiger partial charge < -0.3 is 22.1 Å². The van der Waals surface area contributed by atoms with Crippen molar-refractivity contribution in [3.05, 3.63) is 0 Å². The zero-order valence-electron chi connectivity index (χ0n) is 16.1. The fourth-order valence-electron chi connectivity index (χ4n) is 3.83. The summed E-state index contributed by atoms with van der Waals surface area (Å²) in [4.78, 5) is 25.2. The quantitative estimate of drug-likeness (QED) is 0.528. The van der Waals surface area contributed by atoms with E-state index in [9.17, 15) is 9.59 Å². The van der Waals surface area contributed by atoms with Gasteiger partial charge in [-0.2, -0.15) is 0 Å². The molecule has 0 bridgehead atoms. The fraction of sp³-hybridized carbons (Fsp3) is 0.889. The van der Waals surface area contributed by atoms with Crippen molar-refractivity contribution in [1.82, 2.24) is 10.6 Å². The molecular weight excluding hydrogens is 304 g/mol. The predicted molar refractivity (Wildman–Crippen MR) is 97.1 cm³/mol. The Morgan fingerprint density at radius 2 is 1.62 bits per heavy atom. The van der Waals surface area contributed by atoms with Crippen LogP contribution in [0, 0.1) is 22.7 Å². The zero-order chi connectivity index (χ0) is 18.7. The lowest BCUT2D eigenvalue weighted by Crippen LogP contribution is -2.67. The molecule has 6 N–H and O–H groups in total. The number of nitrogens with two attached hydrogens (primary N) is 2. The average molecular weight is 341 g/mol. The molecule has 1 aliphatic heterocycles. The summed E-state index contributed by atoms with van der Waals surface area (Å²) < 4.78 is 0. The lowest BCUT2D eigenvalue weighted by atomic mass is 9.70. The van der Waals surface area contributed by atoms with Gasteiger partial charge in [0.15, 0.2) is 0 Å². The van der Waals surface area contributed by atoms with E-state index in [2.05, 4.69) is 31.4 Å². The second-order valence-corrected chi connectivity index (χ2v) is 9.02. The molecule has 0 aliphatic carbocycles. The molecule has 0 aromatic rings. The summed E-state index contributed by atoms with van der Waals surface area (Å²) in [7, 11) is 0. The van der Waals surface area contributed by atoms with E-state index in [4.69, 9.17) is 11.5 Å². The first-order valence-electron chi connectivity index (χ1n) is 8.94. The van der Waals surface area contributed by atoms with Gasteiger partial charge in [0.25, 0.3) is 0 Å². The van der Waals surface area contributed by atoms with Crippen molar-refractivity contribution in [3.63, 3.8) is 0 Å². The Morgan fingerprint density at radius 3 is 2.12 bits per heavy atom. The van der Waals surface area contributed by atoms with Crippen LogP contribution >= 0.6 is 0 Å². The van der Waals surface area contributed by atoms with Crippen molar-refractivity contribution in [2.75, 3.05) is 13.1 Å². The molecule has 4 unspecified atom stereocenters. The maximum Gasteiger partial charge on any atom is 0.243 e. The molecule has 6 nitrogen and oxygen atoms in total. The van der Waals surface area contributed by atoms with E-state index in [1.165, 1.54) is 0 Å². The van der Waals surface area contributed by atoms with E-state index < -0.39 is 12.1 Å². The van der Waals surface area contributed by atoms with Gasteiger partial charge in [-0.05, 0) is 48.6 Å². The van der Waals surface area contributed by atoms with Crippen LogP contribution in [0.5, 0.6) is 0 Å². The number of hydrogen-bond donors (Lipinski definition) is 4. The van der Waals surface area contributed by atoms with Crippen molar-refractivity contribution >= 4 is 11.8 Å². The Hall–Kier alpha value is -1.14. The summed E-state index contributed by atoms with van der Waals surface area (Å²) in [6.07, 6.45) is 1.56. The highest BCUT2D eigenvalue weighted by atomic mass is 16.2. The first kappa shape index (κ1) is 20.9. The van der Waals surface area contributed by atoms with Gasteiger partial charge in [0.1, 0.15) is 12.1 Å². The fourth-order valence-corrected chi connectivity index (χ4v) is 3.83. The van der Waals surface area contributed by atoms with Gasteiger partial charge in [-0.25, -0.2) is 0 Å². The number of amides is 2. The Morgan fingerprint density at radius 1 is 1.04 bits per heavy atom. The van der Waals surface area contributed by atoms with Gasteiger partial charge >= 0.3 is 0 Å². The Bertz CT molecular complexity index is 462. The van der Waals surface area contributed by atoms with Crippen LogP contribution in [0.2, 0.25) is 0 Å². The maximum atomic E-state index is 12.6. The lowest BCUT2D eigenvalue weighted by Gasteiger charge is -2.43. The standard InChI is InChI=1S/C18H36N4O2/c1-11(8-19)7-12(2)13-15(23)22-14(16(24)21-13)18(5,6)9-17(3,4)10-20/h11-14H,7-10,19-20H2,1-6H3,(H,21,24)(H,22,23). The van der Waals surface area contributed by atoms with Gasteiger partial charge in [-0.3, -0.25) is 9.59 Å². The van der Waals surface area contributed by atoms with Crippen molar-refractivity contribution in [1.29, 1.82) is 0 Å². The lowest BCUT2D eigenvalue weighted by molar-refractivity contribution is -0.141. The summed E-state index contributed by atoms with van der Waals surface area (Å²) in [6.45, 7) is 13.3. The molecule has 6 heteroatoms. The van der Waals surface area contributed by atoms with E-state index in [-0.39, 0.29) is 28.6 Å². The normalized spacial score (nSPS) is 25.0. The molecule has 0 saturated carbocycles. The minimum atomic E-state index is -0.536. The Kier molecular flexibility index (Phi) is 6.82.